The van der Waals surface area contributed by atoms with Crippen LogP contribution < -0.4 is 5.84 Å². The van der Waals surface area contributed by atoms with Gasteiger partial charge < -0.3 is 5.11 Å². The minimum absolute atomic E-state index is 0.236. The molecule has 1 saturated heterocycles. The van der Waals surface area contributed by atoms with Gasteiger partial charge >= 0.3 is 0 Å². The Hall–Kier alpha value is -0.120. The van der Waals surface area contributed by atoms with Gasteiger partial charge in [0, 0.05) is 6.54 Å². The first-order valence-corrected chi connectivity index (χ1v) is 2.41. The van der Waals surface area contributed by atoms with E-state index in [1.54, 1.807) is 11.9 Å². The van der Waals surface area contributed by atoms with Crippen LogP contribution in [0.4, 0.5) is 0 Å². The number of nitrogens with two attached hydrogens (primary N) is 1. The first kappa shape index (κ1) is 5.03. The molecule has 0 aromatic heterocycles. The van der Waals surface area contributed by atoms with Crippen molar-refractivity contribution in [2.24, 2.45) is 5.84 Å². The predicted octanol–water partition coefficient (Wildman–Crippen LogP) is -1.07. The van der Waals surface area contributed by atoms with E-state index in [0.717, 1.165) is 6.54 Å². The zero-order valence-corrected chi connectivity index (χ0v) is 4.33. The predicted molar refractivity (Wildman–Crippen MR) is 26.4 cm³/mol. The lowest BCUT2D eigenvalue weighted by atomic mass is 10.3. The van der Waals surface area contributed by atoms with Gasteiger partial charge in [0.25, 0.3) is 0 Å². The van der Waals surface area contributed by atoms with Crippen LogP contribution in [0, 0.1) is 0 Å². The maximum atomic E-state index is 8.74. The van der Waals surface area contributed by atoms with E-state index in [2.05, 4.69) is 0 Å². The van der Waals surface area contributed by atoms with Crippen LogP contribution in [-0.2, 0) is 0 Å². The normalized spacial score (nSPS) is 43.3. The van der Waals surface area contributed by atoms with Crippen LogP contribution in [0.15, 0.2) is 0 Å². The van der Waals surface area contributed by atoms with Gasteiger partial charge in [-0.3, -0.25) is 5.84 Å². The molecule has 0 saturated carbocycles. The molecular weight excluding hydrogens is 92.1 g/mol. The molecule has 42 valence electrons. The van der Waals surface area contributed by atoms with Gasteiger partial charge in [-0.05, 0) is 6.92 Å². The molecular formula is C4H10N2O. The van der Waals surface area contributed by atoms with Crippen LogP contribution in [0.2, 0.25) is 0 Å². The third-order valence-electron chi connectivity index (χ3n) is 1.25. The molecule has 3 heteroatoms. The van der Waals surface area contributed by atoms with Crippen LogP contribution in [-0.4, -0.2) is 28.8 Å². The van der Waals surface area contributed by atoms with Crippen molar-refractivity contribution < 1.29 is 5.11 Å². The van der Waals surface area contributed by atoms with E-state index in [4.69, 9.17) is 10.9 Å². The van der Waals surface area contributed by atoms with Crippen molar-refractivity contribution in [1.82, 2.24) is 5.01 Å². The maximum Gasteiger partial charge on any atom is 0.0694 e. The number of rotatable bonds is 1. The zero-order valence-electron chi connectivity index (χ0n) is 4.33. The van der Waals surface area contributed by atoms with Gasteiger partial charge in [-0.1, -0.05) is 0 Å². The molecule has 0 amide bonds. The molecule has 0 bridgehead atoms. The monoisotopic (exact) mass is 102 g/mol. The molecule has 1 fully saturated rings. The Kier molecular flexibility index (Phi) is 1.03. The van der Waals surface area contributed by atoms with Crippen LogP contribution in [0.25, 0.3) is 0 Å². The molecule has 1 rings (SSSR count). The number of aliphatic hydroxyl groups is 1. The van der Waals surface area contributed by atoms with Gasteiger partial charge in [0.2, 0.25) is 0 Å². The fraction of sp³-hybridized carbons (Fsp3) is 1.00. The Morgan fingerprint density at radius 2 is 2.43 bits per heavy atom. The lowest BCUT2D eigenvalue weighted by Gasteiger charge is -1.96. The molecule has 7 heavy (non-hydrogen) atoms. The molecule has 1 unspecified atom stereocenters. The SMILES string of the molecule is C[C@H](O)[C@@H]1CN1N. The summed E-state index contributed by atoms with van der Waals surface area (Å²) in [6.07, 6.45) is -0.259. The second kappa shape index (κ2) is 1.43. The number of hydrogen-bond donors (Lipinski definition) is 2. The lowest BCUT2D eigenvalue weighted by Crippen LogP contribution is -2.18. The maximum absolute atomic E-state index is 8.74. The van der Waals surface area contributed by atoms with Gasteiger partial charge in [0.1, 0.15) is 0 Å². The molecule has 3 atom stereocenters. The molecule has 3 N–H and O–H groups in total. The Labute approximate surface area is 42.7 Å². The summed E-state index contributed by atoms with van der Waals surface area (Å²) in [6.45, 7) is 2.59. The molecule has 1 heterocycles. The summed E-state index contributed by atoms with van der Waals surface area (Å²) in [7, 11) is 0. The average Bonchev–Trinajstić information content (AvgIpc) is 2.17. The first-order chi connectivity index (χ1) is 3.22. The highest BCUT2D eigenvalue weighted by atomic mass is 16.3. The first-order valence-electron chi connectivity index (χ1n) is 2.41. The third-order valence-corrected chi connectivity index (χ3v) is 1.25. The highest BCUT2D eigenvalue weighted by Gasteiger charge is 2.34. The molecule has 0 radical (unpaired) electrons. The molecule has 0 spiro atoms. The molecule has 1 aliphatic heterocycles. The van der Waals surface area contributed by atoms with Crippen molar-refractivity contribution in [3.63, 3.8) is 0 Å². The molecule has 0 aliphatic carbocycles. The fourth-order valence-corrected chi connectivity index (χ4v) is 0.599. The van der Waals surface area contributed by atoms with Crippen LogP contribution in [0.5, 0.6) is 0 Å². The number of hydrogen-bond acceptors (Lipinski definition) is 3. The van der Waals surface area contributed by atoms with Crippen molar-refractivity contribution in [2.45, 2.75) is 19.1 Å². The van der Waals surface area contributed by atoms with Gasteiger partial charge in [0.15, 0.2) is 0 Å². The zero-order chi connectivity index (χ0) is 5.44. The summed E-state index contributed by atoms with van der Waals surface area (Å²) in [5, 5.41) is 10.4. The molecule has 0 aromatic rings. The topological polar surface area (TPSA) is 49.3 Å². The summed E-state index contributed by atoms with van der Waals surface area (Å²) in [4.78, 5) is 0. The van der Waals surface area contributed by atoms with Gasteiger partial charge in [-0.25, -0.2) is 5.01 Å². The Morgan fingerprint density at radius 3 is 2.43 bits per heavy atom. The third kappa shape index (κ3) is 0.907. The summed E-state index contributed by atoms with van der Waals surface area (Å²) >= 11 is 0. The molecule has 3 nitrogen and oxygen atoms in total. The number of aliphatic hydroxyl groups excluding tert-OH is 1. The van der Waals surface area contributed by atoms with Gasteiger partial charge in [-0.2, -0.15) is 0 Å². The highest BCUT2D eigenvalue weighted by Crippen LogP contribution is 2.13. The van der Waals surface area contributed by atoms with Crippen molar-refractivity contribution in [2.75, 3.05) is 6.54 Å². The minimum atomic E-state index is -0.259. The molecule has 1 aliphatic rings. The van der Waals surface area contributed by atoms with Crippen molar-refractivity contribution in [3.05, 3.63) is 0 Å². The largest absolute Gasteiger partial charge is 0.392 e. The Bertz CT molecular complexity index is 74.1. The highest BCUT2D eigenvalue weighted by molar-refractivity contribution is 4.88. The van der Waals surface area contributed by atoms with E-state index in [1.165, 1.54) is 0 Å². The van der Waals surface area contributed by atoms with E-state index in [9.17, 15) is 0 Å². The van der Waals surface area contributed by atoms with Crippen molar-refractivity contribution >= 4 is 0 Å². The van der Waals surface area contributed by atoms with Crippen LogP contribution in [0.1, 0.15) is 6.92 Å². The smallest absolute Gasteiger partial charge is 0.0694 e. The van der Waals surface area contributed by atoms with Crippen molar-refractivity contribution in [3.8, 4) is 0 Å². The average molecular weight is 102 g/mol. The molecule has 0 aromatic carbocycles. The van der Waals surface area contributed by atoms with Crippen LogP contribution in [0.3, 0.4) is 0 Å². The number of hydrazine groups is 1. The van der Waals surface area contributed by atoms with Crippen molar-refractivity contribution in [1.29, 1.82) is 0 Å². The van der Waals surface area contributed by atoms with E-state index >= 15 is 0 Å². The fourth-order valence-electron chi connectivity index (χ4n) is 0.599. The minimum Gasteiger partial charge on any atom is -0.392 e. The van der Waals surface area contributed by atoms with Gasteiger partial charge in [0.05, 0.1) is 12.1 Å². The second-order valence-corrected chi connectivity index (χ2v) is 2.00. The Balaban J connectivity index is 2.20. The summed E-state index contributed by atoms with van der Waals surface area (Å²) in [5.41, 5.74) is 0. The number of nitrogens with zero attached hydrogens (tertiary/aromatic N) is 1. The van der Waals surface area contributed by atoms with Crippen LogP contribution >= 0.6 is 0 Å². The summed E-state index contributed by atoms with van der Waals surface area (Å²) in [5.74, 6) is 5.24. The second-order valence-electron chi connectivity index (χ2n) is 2.00. The lowest BCUT2D eigenvalue weighted by molar-refractivity contribution is 0.175. The standard InChI is InChI=1S/C4H10N2O/c1-3(7)4-2-6(4)5/h3-4,7H,2,5H2,1H3/t3-,4-,6?/m0/s1. The van der Waals surface area contributed by atoms with E-state index in [1.807, 2.05) is 0 Å². The van der Waals surface area contributed by atoms with E-state index in [0.29, 0.717) is 0 Å². The van der Waals surface area contributed by atoms with Gasteiger partial charge in [-0.15, -0.1) is 0 Å². The van der Waals surface area contributed by atoms with E-state index < -0.39 is 0 Å². The summed E-state index contributed by atoms with van der Waals surface area (Å²) in [6, 6.07) is 0.236. The van der Waals surface area contributed by atoms with E-state index in [-0.39, 0.29) is 12.1 Å². The summed E-state index contributed by atoms with van der Waals surface area (Å²) < 4.78 is 0. The Morgan fingerprint density at radius 1 is 2.00 bits per heavy atom. The quantitative estimate of drug-likeness (QED) is 0.327.